The Hall–Kier alpha value is -3.13. The Morgan fingerprint density at radius 2 is 1.73 bits per heavy atom. The molecule has 3 rings (SSSR count). The molecule has 3 amide bonds. The van der Waals surface area contributed by atoms with Gasteiger partial charge in [-0.25, -0.2) is 9.69 Å². The summed E-state index contributed by atoms with van der Waals surface area (Å²) in [5.74, 6) is -1.47. The van der Waals surface area contributed by atoms with Crippen molar-refractivity contribution in [2.24, 2.45) is 0 Å². The molecule has 156 valence electrons. The molecule has 8 heteroatoms. The maximum absolute atomic E-state index is 12.6. The number of imide groups is 1. The number of hydrogen-bond acceptors (Lipinski definition) is 6. The first kappa shape index (κ1) is 21.6. The van der Waals surface area contributed by atoms with Crippen LogP contribution in [0.25, 0.3) is 0 Å². The van der Waals surface area contributed by atoms with Gasteiger partial charge in [-0.05, 0) is 49.6 Å². The van der Waals surface area contributed by atoms with Gasteiger partial charge in [0.2, 0.25) is 0 Å². The van der Waals surface area contributed by atoms with Crippen molar-refractivity contribution in [2.75, 3.05) is 18.7 Å². The lowest BCUT2D eigenvalue weighted by Gasteiger charge is -2.20. The number of hydrogen-bond donors (Lipinski definition) is 1. The number of carbonyl (C=O) groups excluding carboxylic acids is 4. The van der Waals surface area contributed by atoms with Gasteiger partial charge < -0.3 is 10.1 Å². The molecule has 1 N–H and O–H groups in total. The van der Waals surface area contributed by atoms with Crippen molar-refractivity contribution in [1.82, 2.24) is 10.2 Å². The summed E-state index contributed by atoms with van der Waals surface area (Å²) in [7, 11) is 0. The van der Waals surface area contributed by atoms with Crippen molar-refractivity contribution in [3.05, 3.63) is 70.8 Å². The van der Waals surface area contributed by atoms with Crippen LogP contribution in [0, 0.1) is 6.92 Å². The predicted octanol–water partition coefficient (Wildman–Crippen LogP) is 2.64. The van der Waals surface area contributed by atoms with E-state index < -0.39 is 30.6 Å². The normalized spacial score (nSPS) is 13.7. The quantitative estimate of drug-likeness (QED) is 0.515. The summed E-state index contributed by atoms with van der Waals surface area (Å²) in [6.07, 6.45) is 2.25. The van der Waals surface area contributed by atoms with Crippen molar-refractivity contribution < 1.29 is 23.9 Å². The number of carbonyl (C=O) groups is 4. The molecule has 2 aromatic carbocycles. The highest BCUT2D eigenvalue weighted by Crippen LogP contribution is 2.22. The molecule has 1 aliphatic rings. The van der Waals surface area contributed by atoms with E-state index in [4.69, 9.17) is 4.74 Å². The van der Waals surface area contributed by atoms with E-state index in [-0.39, 0.29) is 17.0 Å². The van der Waals surface area contributed by atoms with Crippen molar-refractivity contribution in [1.29, 1.82) is 0 Å². The number of fused-ring (bicyclic) bond motifs is 1. The zero-order chi connectivity index (χ0) is 21.7. The first-order valence-corrected chi connectivity index (χ1v) is 10.8. The van der Waals surface area contributed by atoms with E-state index in [2.05, 4.69) is 5.32 Å². The molecular weight excluding hydrogens is 404 g/mol. The van der Waals surface area contributed by atoms with Gasteiger partial charge in [0.05, 0.1) is 11.1 Å². The van der Waals surface area contributed by atoms with Crippen LogP contribution in [0.3, 0.4) is 0 Å². The van der Waals surface area contributed by atoms with Gasteiger partial charge in [-0.3, -0.25) is 14.4 Å². The van der Waals surface area contributed by atoms with Gasteiger partial charge in [-0.1, -0.05) is 29.8 Å². The average molecular weight is 426 g/mol. The zero-order valence-electron chi connectivity index (χ0n) is 16.7. The topological polar surface area (TPSA) is 92.8 Å². The Balaban J connectivity index is 1.65. The number of amides is 3. The molecule has 0 saturated carbocycles. The van der Waals surface area contributed by atoms with Crippen LogP contribution in [0.15, 0.2) is 48.5 Å². The van der Waals surface area contributed by atoms with E-state index in [0.29, 0.717) is 17.7 Å². The molecule has 0 bridgehead atoms. The third kappa shape index (κ3) is 4.71. The van der Waals surface area contributed by atoms with E-state index >= 15 is 0 Å². The summed E-state index contributed by atoms with van der Waals surface area (Å²) in [5, 5.41) is 2.69. The number of nitrogens with zero attached hydrogens (tertiary/aromatic N) is 1. The van der Waals surface area contributed by atoms with Crippen molar-refractivity contribution >= 4 is 35.5 Å². The van der Waals surface area contributed by atoms with Crippen LogP contribution in [-0.4, -0.2) is 53.4 Å². The SMILES string of the molecule is CSCC[C@@H](NC(=O)c1cccc(C)c1)C(=O)OCN1C(=O)c2ccccc2C1=O. The Morgan fingerprint density at radius 3 is 2.33 bits per heavy atom. The van der Waals surface area contributed by atoms with Crippen molar-refractivity contribution in [3.63, 3.8) is 0 Å². The Kier molecular flexibility index (Phi) is 6.89. The number of ether oxygens (including phenoxy) is 1. The summed E-state index contributed by atoms with van der Waals surface area (Å²) >= 11 is 1.53. The third-order valence-corrected chi connectivity index (χ3v) is 5.34. The minimum atomic E-state index is -0.888. The highest BCUT2D eigenvalue weighted by molar-refractivity contribution is 7.98. The summed E-state index contributed by atoms with van der Waals surface area (Å²) < 4.78 is 5.24. The Morgan fingerprint density at radius 1 is 1.07 bits per heavy atom. The van der Waals surface area contributed by atoms with Crippen LogP contribution in [0.1, 0.15) is 43.1 Å². The minimum absolute atomic E-state index is 0.283. The van der Waals surface area contributed by atoms with Crippen LogP contribution >= 0.6 is 11.8 Å². The molecule has 0 saturated heterocycles. The molecule has 7 nitrogen and oxygen atoms in total. The monoisotopic (exact) mass is 426 g/mol. The summed E-state index contributed by atoms with van der Waals surface area (Å²) in [6.45, 7) is 1.37. The predicted molar refractivity (Wildman–Crippen MR) is 113 cm³/mol. The maximum Gasteiger partial charge on any atom is 0.330 e. The maximum atomic E-state index is 12.6. The lowest BCUT2D eigenvalue weighted by atomic mass is 10.1. The summed E-state index contributed by atoms with van der Waals surface area (Å²) in [6, 6.07) is 12.6. The fourth-order valence-electron chi connectivity index (χ4n) is 3.10. The third-order valence-electron chi connectivity index (χ3n) is 4.69. The van der Waals surface area contributed by atoms with Crippen LogP contribution in [0.4, 0.5) is 0 Å². The number of benzene rings is 2. The number of esters is 1. The standard InChI is InChI=1S/C22H22N2O5S/c1-14-6-5-7-15(12-14)19(25)23-18(10-11-30-2)22(28)29-13-24-20(26)16-8-3-4-9-17(16)21(24)27/h3-9,12,18H,10-11,13H2,1-2H3,(H,23,25)/t18-/m1/s1. The molecule has 0 radical (unpaired) electrons. The van der Waals surface area contributed by atoms with Crippen LogP contribution in [0.5, 0.6) is 0 Å². The summed E-state index contributed by atoms with van der Waals surface area (Å²) in [4.78, 5) is 50.9. The molecule has 30 heavy (non-hydrogen) atoms. The van der Waals surface area contributed by atoms with Gasteiger partial charge in [0.25, 0.3) is 17.7 Å². The molecule has 2 aromatic rings. The molecule has 0 fully saturated rings. The second kappa shape index (κ2) is 9.58. The number of thioether (sulfide) groups is 1. The first-order chi connectivity index (χ1) is 14.4. The first-order valence-electron chi connectivity index (χ1n) is 9.40. The number of nitrogens with one attached hydrogen (secondary N) is 1. The Labute approximate surface area is 178 Å². The zero-order valence-corrected chi connectivity index (χ0v) is 17.5. The highest BCUT2D eigenvalue weighted by Gasteiger charge is 2.36. The molecule has 1 atom stereocenters. The molecule has 1 aliphatic heterocycles. The van der Waals surface area contributed by atoms with E-state index in [1.807, 2.05) is 19.2 Å². The van der Waals surface area contributed by atoms with Crippen molar-refractivity contribution in [3.8, 4) is 0 Å². The lowest BCUT2D eigenvalue weighted by molar-refractivity contribution is -0.148. The van der Waals surface area contributed by atoms with Gasteiger partial charge in [0, 0.05) is 5.56 Å². The molecule has 0 aromatic heterocycles. The molecule has 0 spiro atoms. The van der Waals surface area contributed by atoms with E-state index in [0.717, 1.165) is 10.5 Å². The van der Waals surface area contributed by atoms with Gasteiger partial charge in [0.15, 0.2) is 6.73 Å². The van der Waals surface area contributed by atoms with Crippen LogP contribution < -0.4 is 5.32 Å². The smallest absolute Gasteiger partial charge is 0.330 e. The number of aryl methyl sites for hydroxylation is 1. The molecule has 0 unspecified atom stereocenters. The second-order valence-electron chi connectivity index (χ2n) is 6.85. The van der Waals surface area contributed by atoms with E-state index in [1.54, 1.807) is 42.5 Å². The largest absolute Gasteiger partial charge is 0.442 e. The van der Waals surface area contributed by atoms with Gasteiger partial charge in [-0.2, -0.15) is 11.8 Å². The van der Waals surface area contributed by atoms with E-state index in [9.17, 15) is 19.2 Å². The molecular formula is C22H22N2O5S. The second-order valence-corrected chi connectivity index (χ2v) is 7.84. The van der Waals surface area contributed by atoms with Gasteiger partial charge >= 0.3 is 5.97 Å². The Bertz CT molecular complexity index is 956. The average Bonchev–Trinajstić information content (AvgIpc) is 2.99. The number of rotatable bonds is 8. The molecule has 0 aliphatic carbocycles. The highest BCUT2D eigenvalue weighted by atomic mass is 32.2. The van der Waals surface area contributed by atoms with Crippen LogP contribution in [-0.2, 0) is 9.53 Å². The minimum Gasteiger partial charge on any atom is -0.442 e. The van der Waals surface area contributed by atoms with Crippen molar-refractivity contribution in [2.45, 2.75) is 19.4 Å². The fraction of sp³-hybridized carbons (Fsp3) is 0.273. The fourth-order valence-corrected chi connectivity index (χ4v) is 3.57. The van der Waals surface area contributed by atoms with Gasteiger partial charge in [-0.15, -0.1) is 0 Å². The lowest BCUT2D eigenvalue weighted by Crippen LogP contribution is -2.44. The summed E-state index contributed by atoms with van der Waals surface area (Å²) in [5.41, 5.74) is 1.93. The van der Waals surface area contributed by atoms with E-state index in [1.165, 1.54) is 11.8 Å². The molecule has 1 heterocycles. The van der Waals surface area contributed by atoms with Gasteiger partial charge in [0.1, 0.15) is 6.04 Å². The van der Waals surface area contributed by atoms with Crippen LogP contribution in [0.2, 0.25) is 0 Å².